The molecule has 4 rings (SSSR count). The normalized spacial score (nSPS) is 11.2. The third-order valence-electron chi connectivity index (χ3n) is 4.93. The Morgan fingerprint density at radius 3 is 2.22 bits per heavy atom. The van der Waals surface area contributed by atoms with Crippen molar-refractivity contribution in [3.05, 3.63) is 106 Å². The lowest BCUT2D eigenvalue weighted by Gasteiger charge is -2.02. The first-order valence-corrected chi connectivity index (χ1v) is 9.82. The summed E-state index contributed by atoms with van der Waals surface area (Å²) in [5.41, 5.74) is 7.67. The Morgan fingerprint density at radius 2 is 1.56 bits per heavy atom. The molecule has 8 heteroatoms. The molecule has 0 aliphatic rings. The zero-order chi connectivity index (χ0) is 22.5. The molecule has 4 aromatic rings. The molecule has 0 saturated carbocycles. The van der Waals surface area contributed by atoms with Gasteiger partial charge >= 0.3 is 0 Å². The number of carbonyl (C=O) groups excluding carboxylic acids is 1. The summed E-state index contributed by atoms with van der Waals surface area (Å²) in [5, 5.41) is 21.8. The number of nitro groups is 1. The third-order valence-corrected chi connectivity index (χ3v) is 4.93. The largest absolute Gasteiger partial charge is 0.289 e. The van der Waals surface area contributed by atoms with Gasteiger partial charge in [0.2, 0.25) is 0 Å². The van der Waals surface area contributed by atoms with Crippen molar-refractivity contribution in [3.63, 3.8) is 0 Å². The molecule has 0 aliphatic carbocycles. The highest BCUT2D eigenvalue weighted by molar-refractivity contribution is 6.00. The number of nitrogens with zero attached hydrogens (tertiary/aromatic N) is 3. The van der Waals surface area contributed by atoms with Gasteiger partial charge in [-0.3, -0.25) is 20.0 Å². The van der Waals surface area contributed by atoms with Crippen LogP contribution in [0.4, 0.5) is 5.69 Å². The van der Waals surface area contributed by atoms with E-state index in [0.29, 0.717) is 17.0 Å². The topological polar surface area (TPSA) is 113 Å². The van der Waals surface area contributed by atoms with Crippen molar-refractivity contribution in [2.75, 3.05) is 0 Å². The average molecular weight is 425 g/mol. The van der Waals surface area contributed by atoms with Crippen LogP contribution in [0.5, 0.6) is 0 Å². The van der Waals surface area contributed by atoms with Crippen LogP contribution in [-0.2, 0) is 0 Å². The Kier molecular flexibility index (Phi) is 5.85. The van der Waals surface area contributed by atoms with E-state index < -0.39 is 10.8 Å². The lowest BCUT2D eigenvalue weighted by Crippen LogP contribution is -2.19. The number of nitro benzene ring substituents is 1. The van der Waals surface area contributed by atoms with E-state index in [1.807, 2.05) is 54.6 Å². The van der Waals surface area contributed by atoms with Crippen molar-refractivity contribution in [2.45, 2.75) is 6.92 Å². The molecule has 2 N–H and O–H groups in total. The number of rotatable bonds is 6. The first-order valence-electron chi connectivity index (χ1n) is 9.82. The molecule has 0 atom stereocenters. The maximum atomic E-state index is 12.4. The number of amides is 1. The second-order valence-corrected chi connectivity index (χ2v) is 7.05. The molecule has 158 valence electrons. The lowest BCUT2D eigenvalue weighted by atomic mass is 10.0. The van der Waals surface area contributed by atoms with E-state index in [-0.39, 0.29) is 11.4 Å². The molecular formula is C24H19N5O3. The Morgan fingerprint density at radius 1 is 0.938 bits per heavy atom. The molecule has 0 radical (unpaired) electrons. The first-order chi connectivity index (χ1) is 15.5. The molecule has 0 spiro atoms. The van der Waals surface area contributed by atoms with Crippen LogP contribution in [0.2, 0.25) is 0 Å². The molecule has 32 heavy (non-hydrogen) atoms. The molecule has 0 unspecified atom stereocenters. The zero-order valence-corrected chi connectivity index (χ0v) is 17.1. The Balaban J connectivity index is 1.43. The summed E-state index contributed by atoms with van der Waals surface area (Å²) >= 11 is 0. The van der Waals surface area contributed by atoms with Crippen LogP contribution >= 0.6 is 0 Å². The molecular weight excluding hydrogens is 406 g/mol. The fourth-order valence-electron chi connectivity index (χ4n) is 3.13. The predicted molar refractivity (Wildman–Crippen MR) is 122 cm³/mol. The van der Waals surface area contributed by atoms with Crippen molar-refractivity contribution in [1.82, 2.24) is 15.6 Å². The van der Waals surface area contributed by atoms with Crippen LogP contribution in [-0.4, -0.2) is 26.7 Å². The van der Waals surface area contributed by atoms with Crippen molar-refractivity contribution < 1.29 is 9.72 Å². The van der Waals surface area contributed by atoms with E-state index in [1.165, 1.54) is 12.1 Å². The fourth-order valence-corrected chi connectivity index (χ4v) is 3.13. The molecule has 0 aliphatic heterocycles. The van der Waals surface area contributed by atoms with Gasteiger partial charge in [0.1, 0.15) is 5.69 Å². The second-order valence-electron chi connectivity index (χ2n) is 7.05. The number of benzene rings is 3. The fraction of sp³-hybridized carbons (Fsp3) is 0.0417. The number of aromatic nitrogens is 2. The summed E-state index contributed by atoms with van der Waals surface area (Å²) in [5.74, 6) is -0.439. The minimum Gasteiger partial charge on any atom is -0.272 e. The van der Waals surface area contributed by atoms with Gasteiger partial charge in [0.15, 0.2) is 0 Å². The maximum Gasteiger partial charge on any atom is 0.289 e. The molecule has 0 bridgehead atoms. The molecule has 0 saturated heterocycles. The summed E-state index contributed by atoms with van der Waals surface area (Å²) in [7, 11) is 0. The monoisotopic (exact) mass is 425 g/mol. The summed E-state index contributed by atoms with van der Waals surface area (Å²) < 4.78 is 0. The molecule has 1 amide bonds. The van der Waals surface area contributed by atoms with Gasteiger partial charge < -0.3 is 0 Å². The Labute approximate surface area is 183 Å². The van der Waals surface area contributed by atoms with E-state index in [4.69, 9.17) is 0 Å². The van der Waals surface area contributed by atoms with Gasteiger partial charge in [-0.2, -0.15) is 10.2 Å². The Hall–Kier alpha value is -4.59. The van der Waals surface area contributed by atoms with Crippen LogP contribution < -0.4 is 5.43 Å². The number of carbonyl (C=O) groups is 1. The van der Waals surface area contributed by atoms with Crippen LogP contribution in [0.25, 0.3) is 22.4 Å². The van der Waals surface area contributed by atoms with Crippen molar-refractivity contribution in [3.8, 4) is 22.4 Å². The van der Waals surface area contributed by atoms with Crippen LogP contribution in [0.15, 0.2) is 90.0 Å². The van der Waals surface area contributed by atoms with Crippen molar-refractivity contribution in [1.29, 1.82) is 0 Å². The second kappa shape index (κ2) is 9.05. The maximum absolute atomic E-state index is 12.4. The number of hydrogen-bond donors (Lipinski definition) is 2. The molecule has 0 fully saturated rings. The standard InChI is InChI=1S/C24H19N5O3/c1-16(17-11-13-21(14-12-17)29(31)32)25-28-24(30)23-15-22(26-27-23)20-9-7-19(8-10-20)18-5-3-2-4-6-18/h2-15H,1H3,(H,26,27)(H,28,30). The highest BCUT2D eigenvalue weighted by Gasteiger charge is 2.12. The lowest BCUT2D eigenvalue weighted by molar-refractivity contribution is -0.384. The molecule has 1 aromatic heterocycles. The molecule has 3 aromatic carbocycles. The van der Waals surface area contributed by atoms with E-state index in [0.717, 1.165) is 16.7 Å². The van der Waals surface area contributed by atoms with Gasteiger partial charge in [-0.25, -0.2) is 5.43 Å². The summed E-state index contributed by atoms with van der Waals surface area (Å²) in [6.07, 6.45) is 0. The van der Waals surface area contributed by atoms with Gasteiger partial charge in [-0.1, -0.05) is 54.6 Å². The van der Waals surface area contributed by atoms with Crippen LogP contribution in [0.3, 0.4) is 0 Å². The smallest absolute Gasteiger partial charge is 0.272 e. The zero-order valence-electron chi connectivity index (χ0n) is 17.1. The van der Waals surface area contributed by atoms with E-state index in [1.54, 1.807) is 25.1 Å². The molecule has 8 nitrogen and oxygen atoms in total. The highest BCUT2D eigenvalue weighted by Crippen LogP contribution is 2.24. The van der Waals surface area contributed by atoms with Crippen molar-refractivity contribution >= 4 is 17.3 Å². The minimum absolute atomic E-state index is 0.00706. The predicted octanol–water partition coefficient (Wildman–Crippen LogP) is 4.81. The van der Waals surface area contributed by atoms with Crippen molar-refractivity contribution in [2.24, 2.45) is 5.10 Å². The number of nitrogens with one attached hydrogen (secondary N) is 2. The average Bonchev–Trinajstić information content (AvgIpc) is 3.33. The Bertz CT molecular complexity index is 1280. The van der Waals surface area contributed by atoms with E-state index >= 15 is 0 Å². The summed E-state index contributed by atoms with van der Waals surface area (Å²) in [6.45, 7) is 1.70. The first kappa shape index (κ1) is 20.7. The minimum atomic E-state index is -0.469. The third kappa shape index (κ3) is 4.59. The summed E-state index contributed by atoms with van der Waals surface area (Å²) in [6, 6.07) is 25.6. The van der Waals surface area contributed by atoms with Crippen LogP contribution in [0, 0.1) is 10.1 Å². The number of hydrogen-bond acceptors (Lipinski definition) is 5. The van der Waals surface area contributed by atoms with Crippen LogP contribution in [0.1, 0.15) is 23.0 Å². The number of hydrazone groups is 1. The SMILES string of the molecule is CC(=NNC(=O)c1cc(-c2ccc(-c3ccccc3)cc2)n[nH]1)c1ccc([N+](=O)[O-])cc1. The van der Waals surface area contributed by atoms with Gasteiger partial charge in [-0.15, -0.1) is 0 Å². The number of H-pyrrole nitrogens is 1. The van der Waals surface area contributed by atoms with Gasteiger partial charge in [0.25, 0.3) is 11.6 Å². The highest BCUT2D eigenvalue weighted by atomic mass is 16.6. The number of non-ortho nitro benzene ring substituents is 1. The van der Waals surface area contributed by atoms with E-state index in [9.17, 15) is 14.9 Å². The number of aromatic amines is 1. The summed E-state index contributed by atoms with van der Waals surface area (Å²) in [4.78, 5) is 22.7. The van der Waals surface area contributed by atoms with E-state index in [2.05, 4.69) is 20.7 Å². The quantitative estimate of drug-likeness (QED) is 0.262. The van der Waals surface area contributed by atoms with Gasteiger partial charge in [0.05, 0.1) is 16.3 Å². The molecule has 1 heterocycles. The van der Waals surface area contributed by atoms with Gasteiger partial charge in [0, 0.05) is 17.7 Å². The van der Waals surface area contributed by atoms with Gasteiger partial charge in [-0.05, 0) is 41.8 Å².